The van der Waals surface area contributed by atoms with Gasteiger partial charge in [0.25, 0.3) is 5.78 Å². The second-order valence-corrected chi connectivity index (χ2v) is 5.28. The Balaban J connectivity index is 1.83. The van der Waals surface area contributed by atoms with Gasteiger partial charge in [0.05, 0.1) is 5.69 Å². The van der Waals surface area contributed by atoms with Crippen molar-refractivity contribution < 1.29 is 0 Å². The molecule has 1 saturated heterocycles. The van der Waals surface area contributed by atoms with Crippen LogP contribution in [0.5, 0.6) is 0 Å². The van der Waals surface area contributed by atoms with Gasteiger partial charge in [-0.2, -0.15) is 14.6 Å². The summed E-state index contributed by atoms with van der Waals surface area (Å²) in [6.07, 6.45) is 5.10. The highest BCUT2D eigenvalue weighted by Gasteiger charge is 2.28. The van der Waals surface area contributed by atoms with E-state index in [2.05, 4.69) is 26.0 Å². The SMILES string of the molecule is N[C@H]1CCN(c2cc(C3CC3)nc3ncnn23)C1. The summed E-state index contributed by atoms with van der Waals surface area (Å²) in [5.74, 6) is 2.42. The van der Waals surface area contributed by atoms with Gasteiger partial charge in [0.2, 0.25) is 0 Å². The maximum Gasteiger partial charge on any atom is 0.254 e. The molecule has 18 heavy (non-hydrogen) atoms. The van der Waals surface area contributed by atoms with E-state index in [0.29, 0.717) is 11.7 Å². The van der Waals surface area contributed by atoms with Crippen molar-refractivity contribution in [2.75, 3.05) is 18.0 Å². The van der Waals surface area contributed by atoms with Crippen LogP contribution in [0.1, 0.15) is 30.9 Å². The molecular weight excluding hydrogens is 228 g/mol. The highest BCUT2D eigenvalue weighted by molar-refractivity contribution is 5.49. The summed E-state index contributed by atoms with van der Waals surface area (Å²) in [6.45, 7) is 1.88. The quantitative estimate of drug-likeness (QED) is 0.834. The van der Waals surface area contributed by atoms with Crippen molar-refractivity contribution in [2.24, 2.45) is 5.73 Å². The minimum absolute atomic E-state index is 0.265. The van der Waals surface area contributed by atoms with Crippen LogP contribution in [0.2, 0.25) is 0 Å². The van der Waals surface area contributed by atoms with Gasteiger partial charge in [-0.05, 0) is 19.3 Å². The van der Waals surface area contributed by atoms with Crippen molar-refractivity contribution in [3.63, 3.8) is 0 Å². The Labute approximate surface area is 105 Å². The number of nitrogens with two attached hydrogens (primary N) is 1. The normalized spacial score (nSPS) is 24.1. The predicted octanol–water partition coefficient (Wildman–Crippen LogP) is 0.539. The molecule has 2 N–H and O–H groups in total. The lowest BCUT2D eigenvalue weighted by atomic mass is 10.2. The van der Waals surface area contributed by atoms with Crippen molar-refractivity contribution >= 4 is 11.6 Å². The Morgan fingerprint density at radius 3 is 2.89 bits per heavy atom. The van der Waals surface area contributed by atoms with Crippen molar-refractivity contribution in [3.8, 4) is 0 Å². The van der Waals surface area contributed by atoms with Crippen LogP contribution >= 0.6 is 0 Å². The average molecular weight is 244 g/mol. The maximum atomic E-state index is 5.99. The van der Waals surface area contributed by atoms with Gasteiger partial charge in [-0.15, -0.1) is 0 Å². The Bertz CT molecular complexity index is 587. The molecule has 0 aromatic carbocycles. The fraction of sp³-hybridized carbons (Fsp3) is 0.583. The van der Waals surface area contributed by atoms with Gasteiger partial charge in [-0.1, -0.05) is 0 Å². The summed E-state index contributed by atoms with van der Waals surface area (Å²) in [5, 5.41) is 4.27. The second-order valence-electron chi connectivity index (χ2n) is 5.28. The monoisotopic (exact) mass is 244 g/mol. The summed E-state index contributed by atoms with van der Waals surface area (Å²) < 4.78 is 1.82. The van der Waals surface area contributed by atoms with E-state index < -0.39 is 0 Å². The van der Waals surface area contributed by atoms with Crippen LogP contribution in [0.3, 0.4) is 0 Å². The van der Waals surface area contributed by atoms with E-state index in [-0.39, 0.29) is 6.04 Å². The molecule has 0 amide bonds. The zero-order valence-electron chi connectivity index (χ0n) is 10.2. The molecule has 1 aliphatic heterocycles. The van der Waals surface area contributed by atoms with E-state index in [1.54, 1.807) is 6.33 Å². The molecule has 6 heteroatoms. The van der Waals surface area contributed by atoms with Crippen molar-refractivity contribution in [1.82, 2.24) is 19.6 Å². The Kier molecular flexibility index (Phi) is 2.08. The third-order valence-electron chi connectivity index (χ3n) is 3.80. The number of rotatable bonds is 2. The van der Waals surface area contributed by atoms with E-state index in [1.807, 2.05) is 4.52 Å². The molecular formula is C12H16N6. The van der Waals surface area contributed by atoms with Gasteiger partial charge in [-0.25, -0.2) is 4.98 Å². The minimum atomic E-state index is 0.265. The molecule has 2 fully saturated rings. The largest absolute Gasteiger partial charge is 0.355 e. The second kappa shape index (κ2) is 3.65. The van der Waals surface area contributed by atoms with Gasteiger partial charge >= 0.3 is 0 Å². The molecule has 0 radical (unpaired) electrons. The van der Waals surface area contributed by atoms with Crippen LogP contribution in [-0.4, -0.2) is 38.7 Å². The first-order valence-electron chi connectivity index (χ1n) is 6.52. The number of nitrogens with zero attached hydrogens (tertiary/aromatic N) is 5. The Morgan fingerprint density at radius 1 is 1.28 bits per heavy atom. The maximum absolute atomic E-state index is 5.99. The lowest BCUT2D eigenvalue weighted by Gasteiger charge is -2.19. The molecule has 6 nitrogen and oxygen atoms in total. The molecule has 1 atom stereocenters. The molecule has 4 rings (SSSR count). The van der Waals surface area contributed by atoms with E-state index in [0.717, 1.165) is 31.0 Å². The number of anilines is 1. The smallest absolute Gasteiger partial charge is 0.254 e. The van der Waals surface area contributed by atoms with Crippen molar-refractivity contribution in [3.05, 3.63) is 18.1 Å². The zero-order chi connectivity index (χ0) is 12.1. The van der Waals surface area contributed by atoms with Crippen molar-refractivity contribution in [2.45, 2.75) is 31.2 Å². The molecule has 0 spiro atoms. The number of hydrogen-bond donors (Lipinski definition) is 1. The standard InChI is InChI=1S/C12H16N6/c13-9-3-4-17(6-9)11-5-10(8-1-2-8)16-12-14-7-15-18(11)12/h5,7-9H,1-4,6,13H2/t9-/m0/s1. The van der Waals surface area contributed by atoms with E-state index in [1.165, 1.54) is 12.8 Å². The van der Waals surface area contributed by atoms with Crippen LogP contribution in [0.25, 0.3) is 5.78 Å². The van der Waals surface area contributed by atoms with Gasteiger partial charge in [-0.3, -0.25) is 0 Å². The summed E-state index contributed by atoms with van der Waals surface area (Å²) in [6, 6.07) is 2.43. The third-order valence-corrected chi connectivity index (χ3v) is 3.80. The minimum Gasteiger partial charge on any atom is -0.355 e. The molecule has 94 valence electrons. The van der Waals surface area contributed by atoms with Crippen LogP contribution in [-0.2, 0) is 0 Å². The first-order valence-corrected chi connectivity index (χ1v) is 6.52. The van der Waals surface area contributed by atoms with Crippen LogP contribution in [0.15, 0.2) is 12.4 Å². The highest BCUT2D eigenvalue weighted by Crippen LogP contribution is 2.40. The Morgan fingerprint density at radius 2 is 2.17 bits per heavy atom. The predicted molar refractivity (Wildman–Crippen MR) is 67.6 cm³/mol. The molecule has 0 bridgehead atoms. The van der Waals surface area contributed by atoms with Crippen LogP contribution < -0.4 is 10.6 Å². The number of fused-ring (bicyclic) bond motifs is 1. The summed E-state index contributed by atoms with van der Waals surface area (Å²) in [7, 11) is 0. The summed E-state index contributed by atoms with van der Waals surface area (Å²) in [5.41, 5.74) is 7.15. The van der Waals surface area contributed by atoms with E-state index in [9.17, 15) is 0 Å². The van der Waals surface area contributed by atoms with Gasteiger partial charge in [0.1, 0.15) is 12.1 Å². The first-order chi connectivity index (χ1) is 8.81. The van der Waals surface area contributed by atoms with Gasteiger partial charge < -0.3 is 10.6 Å². The van der Waals surface area contributed by atoms with Gasteiger partial charge in [0, 0.05) is 31.1 Å². The van der Waals surface area contributed by atoms with Crippen LogP contribution in [0, 0.1) is 0 Å². The highest BCUT2D eigenvalue weighted by atomic mass is 15.4. The molecule has 3 heterocycles. The lowest BCUT2D eigenvalue weighted by molar-refractivity contribution is 0.748. The Hall–Kier alpha value is -1.69. The lowest BCUT2D eigenvalue weighted by Crippen LogP contribution is -2.28. The number of hydrogen-bond acceptors (Lipinski definition) is 5. The summed E-state index contributed by atoms with van der Waals surface area (Å²) in [4.78, 5) is 11.1. The molecule has 2 aromatic heterocycles. The van der Waals surface area contributed by atoms with E-state index >= 15 is 0 Å². The van der Waals surface area contributed by atoms with Gasteiger partial charge in [0.15, 0.2) is 0 Å². The van der Waals surface area contributed by atoms with Crippen molar-refractivity contribution in [1.29, 1.82) is 0 Å². The topological polar surface area (TPSA) is 72.3 Å². The molecule has 0 unspecified atom stereocenters. The van der Waals surface area contributed by atoms with E-state index in [4.69, 9.17) is 5.73 Å². The molecule has 2 aliphatic rings. The fourth-order valence-electron chi connectivity index (χ4n) is 2.62. The van der Waals surface area contributed by atoms with Crippen LogP contribution in [0.4, 0.5) is 5.82 Å². The first kappa shape index (κ1) is 10.3. The average Bonchev–Trinajstić information content (AvgIpc) is 2.96. The summed E-state index contributed by atoms with van der Waals surface area (Å²) >= 11 is 0. The third kappa shape index (κ3) is 1.56. The number of aromatic nitrogens is 4. The molecule has 2 aromatic rings. The molecule has 1 saturated carbocycles. The zero-order valence-corrected chi connectivity index (χ0v) is 10.2. The fourth-order valence-corrected chi connectivity index (χ4v) is 2.62. The molecule has 1 aliphatic carbocycles.